The number of ketones is 1. The number of benzene rings is 1. The molecule has 1 nitrogen and oxygen atoms in total. The second-order valence-corrected chi connectivity index (χ2v) is 2.95. The number of aryl methyl sites for hydroxylation is 1. The molecule has 0 spiro atoms. The molecule has 1 aromatic rings. The summed E-state index contributed by atoms with van der Waals surface area (Å²) in [5, 5.41) is 0.531. The van der Waals surface area contributed by atoms with Crippen LogP contribution in [0.4, 0.5) is 0 Å². The van der Waals surface area contributed by atoms with E-state index in [4.69, 9.17) is 11.6 Å². The highest BCUT2D eigenvalue weighted by Crippen LogP contribution is 2.17. The van der Waals surface area contributed by atoms with Crippen molar-refractivity contribution in [3.63, 3.8) is 0 Å². The fourth-order valence-electron chi connectivity index (χ4n) is 0.909. The quantitative estimate of drug-likeness (QED) is 0.626. The van der Waals surface area contributed by atoms with E-state index >= 15 is 0 Å². The smallest absolute Gasteiger partial charge is 0.161 e. The van der Waals surface area contributed by atoms with Crippen LogP contribution in [-0.4, -0.2) is 5.78 Å². The second kappa shape index (κ2) is 5.76. The van der Waals surface area contributed by atoms with Crippen LogP contribution < -0.4 is 0 Å². The first-order chi connectivity index (χ1) is 6.11. The minimum atomic E-state index is 0.0127. The lowest BCUT2D eigenvalue weighted by molar-refractivity contribution is 0.101. The van der Waals surface area contributed by atoms with Gasteiger partial charge in [0.15, 0.2) is 5.78 Å². The van der Waals surface area contributed by atoms with Crippen LogP contribution in [0.25, 0.3) is 0 Å². The number of hydrogen-bond donors (Lipinski definition) is 0. The van der Waals surface area contributed by atoms with Gasteiger partial charge in [0, 0.05) is 5.56 Å². The largest absolute Gasteiger partial charge is 0.294 e. The van der Waals surface area contributed by atoms with Crippen LogP contribution in [0.3, 0.4) is 0 Å². The van der Waals surface area contributed by atoms with Gasteiger partial charge in [-0.3, -0.25) is 4.79 Å². The van der Waals surface area contributed by atoms with E-state index in [1.807, 2.05) is 26.8 Å². The van der Waals surface area contributed by atoms with E-state index in [1.165, 1.54) is 6.92 Å². The predicted molar refractivity (Wildman–Crippen MR) is 57.5 cm³/mol. The van der Waals surface area contributed by atoms with Gasteiger partial charge in [0.1, 0.15) is 0 Å². The molecule has 2 heteroatoms. The lowest BCUT2D eigenvalue weighted by atomic mass is 10.1. The standard InChI is InChI=1S/C9H9ClO.C2H6/c1-6-3-4-9(10)8(5-6)7(2)11;1-2/h3-5H,1-2H3;1-2H3. The van der Waals surface area contributed by atoms with Gasteiger partial charge >= 0.3 is 0 Å². The van der Waals surface area contributed by atoms with Crippen LogP contribution in [0, 0.1) is 6.92 Å². The van der Waals surface area contributed by atoms with Crippen LogP contribution in [0.5, 0.6) is 0 Å². The number of carbonyl (C=O) groups excluding carboxylic acids is 1. The van der Waals surface area contributed by atoms with Gasteiger partial charge in [-0.05, 0) is 26.0 Å². The third kappa shape index (κ3) is 3.60. The minimum absolute atomic E-state index is 0.0127. The van der Waals surface area contributed by atoms with Crippen molar-refractivity contribution < 1.29 is 4.79 Å². The number of rotatable bonds is 1. The molecule has 0 aromatic heterocycles. The molecule has 0 heterocycles. The lowest BCUT2D eigenvalue weighted by Crippen LogP contribution is -1.93. The molecule has 0 saturated heterocycles. The third-order valence-corrected chi connectivity index (χ3v) is 1.83. The van der Waals surface area contributed by atoms with E-state index in [-0.39, 0.29) is 5.78 Å². The summed E-state index contributed by atoms with van der Waals surface area (Å²) in [5.74, 6) is 0.0127. The molecule has 13 heavy (non-hydrogen) atoms. The first kappa shape index (κ1) is 12.2. The lowest BCUT2D eigenvalue weighted by Gasteiger charge is -1.99. The molecule has 0 aliphatic heterocycles. The van der Waals surface area contributed by atoms with Gasteiger partial charge in [0.05, 0.1) is 5.02 Å². The second-order valence-electron chi connectivity index (χ2n) is 2.54. The molecule has 0 saturated carbocycles. The van der Waals surface area contributed by atoms with Crippen molar-refractivity contribution in [2.24, 2.45) is 0 Å². The fourth-order valence-corrected chi connectivity index (χ4v) is 1.16. The highest BCUT2D eigenvalue weighted by atomic mass is 35.5. The van der Waals surface area contributed by atoms with Gasteiger partial charge in [0.2, 0.25) is 0 Å². The molecule has 0 unspecified atom stereocenters. The Bertz CT molecular complexity index is 292. The van der Waals surface area contributed by atoms with E-state index < -0.39 is 0 Å². The van der Waals surface area contributed by atoms with E-state index in [0.717, 1.165) is 5.56 Å². The zero-order valence-corrected chi connectivity index (χ0v) is 9.27. The number of carbonyl (C=O) groups is 1. The van der Waals surface area contributed by atoms with Crippen LogP contribution in [0.15, 0.2) is 18.2 Å². The molecule has 0 aliphatic rings. The normalized spacial score (nSPS) is 8.69. The summed E-state index contributed by atoms with van der Waals surface area (Å²) >= 11 is 5.77. The van der Waals surface area contributed by atoms with Crippen molar-refractivity contribution in [3.05, 3.63) is 34.3 Å². The van der Waals surface area contributed by atoms with Crippen LogP contribution >= 0.6 is 11.6 Å². The highest BCUT2D eigenvalue weighted by Gasteiger charge is 2.03. The molecule has 0 fully saturated rings. The monoisotopic (exact) mass is 198 g/mol. The summed E-state index contributed by atoms with van der Waals surface area (Å²) in [5.41, 5.74) is 1.66. The van der Waals surface area contributed by atoms with Gasteiger partial charge < -0.3 is 0 Å². The zero-order valence-electron chi connectivity index (χ0n) is 8.52. The molecule has 0 atom stereocenters. The van der Waals surface area contributed by atoms with E-state index in [2.05, 4.69) is 0 Å². The average molecular weight is 199 g/mol. The number of hydrogen-bond acceptors (Lipinski definition) is 1. The maximum absolute atomic E-state index is 10.9. The first-order valence-corrected chi connectivity index (χ1v) is 4.76. The Balaban J connectivity index is 0.000000671. The fraction of sp³-hybridized carbons (Fsp3) is 0.364. The maximum Gasteiger partial charge on any atom is 0.161 e. The van der Waals surface area contributed by atoms with Gasteiger partial charge in [0.25, 0.3) is 0 Å². The number of Topliss-reactive ketones (excluding diaryl/α,β-unsaturated/α-hetero) is 1. The van der Waals surface area contributed by atoms with Crippen molar-refractivity contribution in [1.29, 1.82) is 0 Å². The molecule has 1 aromatic carbocycles. The van der Waals surface area contributed by atoms with E-state index in [0.29, 0.717) is 10.6 Å². The zero-order chi connectivity index (χ0) is 10.4. The summed E-state index contributed by atoms with van der Waals surface area (Å²) in [6, 6.07) is 5.42. The van der Waals surface area contributed by atoms with Crippen LogP contribution in [-0.2, 0) is 0 Å². The van der Waals surface area contributed by atoms with Crippen molar-refractivity contribution in [2.45, 2.75) is 27.7 Å². The summed E-state index contributed by atoms with van der Waals surface area (Å²) < 4.78 is 0. The Morgan fingerprint density at radius 1 is 1.31 bits per heavy atom. The Morgan fingerprint density at radius 3 is 2.23 bits per heavy atom. The summed E-state index contributed by atoms with van der Waals surface area (Å²) in [4.78, 5) is 10.9. The molecule has 0 N–H and O–H groups in total. The Morgan fingerprint density at radius 2 is 1.85 bits per heavy atom. The molecule has 0 radical (unpaired) electrons. The van der Waals surface area contributed by atoms with E-state index in [9.17, 15) is 4.79 Å². The van der Waals surface area contributed by atoms with Gasteiger partial charge in [-0.15, -0.1) is 0 Å². The van der Waals surface area contributed by atoms with Gasteiger partial charge in [-0.2, -0.15) is 0 Å². The molecule has 0 bridgehead atoms. The van der Waals surface area contributed by atoms with Crippen molar-refractivity contribution in [3.8, 4) is 0 Å². The van der Waals surface area contributed by atoms with E-state index in [1.54, 1.807) is 12.1 Å². The van der Waals surface area contributed by atoms with Crippen LogP contribution in [0.2, 0.25) is 5.02 Å². The van der Waals surface area contributed by atoms with Crippen molar-refractivity contribution >= 4 is 17.4 Å². The molecular weight excluding hydrogens is 184 g/mol. The molecule has 1 rings (SSSR count). The Labute approximate surface area is 84.7 Å². The average Bonchev–Trinajstić information content (AvgIpc) is 2.12. The summed E-state index contributed by atoms with van der Waals surface area (Å²) in [6.45, 7) is 7.45. The summed E-state index contributed by atoms with van der Waals surface area (Å²) in [6.07, 6.45) is 0. The maximum atomic E-state index is 10.9. The highest BCUT2D eigenvalue weighted by molar-refractivity contribution is 6.33. The predicted octanol–water partition coefficient (Wildman–Crippen LogP) is 3.88. The topological polar surface area (TPSA) is 17.1 Å². The molecule has 0 aliphatic carbocycles. The third-order valence-electron chi connectivity index (χ3n) is 1.50. The molecule has 0 amide bonds. The minimum Gasteiger partial charge on any atom is -0.294 e. The Hall–Kier alpha value is -0.820. The van der Waals surface area contributed by atoms with Crippen LogP contribution in [0.1, 0.15) is 36.7 Å². The molecular formula is C11H15ClO. The van der Waals surface area contributed by atoms with Gasteiger partial charge in [-0.1, -0.05) is 37.1 Å². The summed E-state index contributed by atoms with van der Waals surface area (Å²) in [7, 11) is 0. The molecule has 72 valence electrons. The van der Waals surface area contributed by atoms with Crippen molar-refractivity contribution in [2.75, 3.05) is 0 Å². The number of halogens is 1. The van der Waals surface area contributed by atoms with Gasteiger partial charge in [-0.25, -0.2) is 0 Å². The Kier molecular flexibility index (Phi) is 5.40. The SMILES string of the molecule is CC.CC(=O)c1cc(C)ccc1Cl. The first-order valence-electron chi connectivity index (χ1n) is 4.38. The van der Waals surface area contributed by atoms with Crippen molar-refractivity contribution in [1.82, 2.24) is 0 Å².